The number of amides is 1. The van der Waals surface area contributed by atoms with Gasteiger partial charge in [0.2, 0.25) is 5.91 Å². The van der Waals surface area contributed by atoms with Crippen molar-refractivity contribution in [1.29, 1.82) is 0 Å². The molecule has 0 atom stereocenters. The van der Waals surface area contributed by atoms with Gasteiger partial charge in [-0.1, -0.05) is 13.8 Å². The molecule has 0 fully saturated rings. The smallest absolute Gasteiger partial charge is 0.358 e. The Kier molecular flexibility index (Phi) is 8.03. The van der Waals surface area contributed by atoms with Gasteiger partial charge in [-0.2, -0.15) is 4.68 Å². The second kappa shape index (κ2) is 9.52. The third kappa shape index (κ3) is 6.10. The number of hydrogen-bond donors (Lipinski definition) is 1. The summed E-state index contributed by atoms with van der Waals surface area (Å²) in [4.78, 5) is 24.1. The number of hydrogen-bond acceptors (Lipinski definition) is 5. The quantitative estimate of drug-likeness (QED) is 0.382. The van der Waals surface area contributed by atoms with E-state index in [9.17, 15) is 14.9 Å². The molecule has 9 heteroatoms. The number of aromatic nitrogens is 2. The van der Waals surface area contributed by atoms with Gasteiger partial charge in [0.1, 0.15) is 4.47 Å². The third-order valence-electron chi connectivity index (χ3n) is 3.31. The van der Waals surface area contributed by atoms with Crippen molar-refractivity contribution >= 4 is 27.7 Å². The third-order valence-corrected chi connectivity index (χ3v) is 3.87. The minimum atomic E-state index is -0.562. The lowest BCUT2D eigenvalue weighted by atomic mass is 10.3. The molecule has 0 saturated heterocycles. The Morgan fingerprint density at radius 2 is 2.18 bits per heavy atom. The van der Waals surface area contributed by atoms with Crippen molar-refractivity contribution in [2.75, 3.05) is 26.2 Å². The molecule has 1 aromatic heterocycles. The van der Waals surface area contributed by atoms with Crippen molar-refractivity contribution in [2.45, 2.75) is 33.2 Å². The van der Waals surface area contributed by atoms with Gasteiger partial charge in [0.25, 0.3) is 0 Å². The highest BCUT2D eigenvalue weighted by Gasteiger charge is 2.18. The number of rotatable bonds is 10. The Morgan fingerprint density at radius 3 is 2.73 bits per heavy atom. The van der Waals surface area contributed by atoms with Gasteiger partial charge in [-0.15, -0.1) is 0 Å². The van der Waals surface area contributed by atoms with E-state index in [2.05, 4.69) is 45.1 Å². The molecule has 0 aliphatic carbocycles. The first-order valence-electron chi connectivity index (χ1n) is 7.34. The fourth-order valence-corrected chi connectivity index (χ4v) is 2.46. The standard InChI is InChI=1S/C13H22BrN5O3/c1-3-17(4-2)8-5-7-15-12(20)6-9-18-10-11(14)13(16-18)19(21)22/h10H,3-9H2,1-2H3,(H,15,20). The van der Waals surface area contributed by atoms with E-state index in [0.29, 0.717) is 17.6 Å². The van der Waals surface area contributed by atoms with E-state index in [1.54, 1.807) is 0 Å². The van der Waals surface area contributed by atoms with Gasteiger partial charge in [-0.05, 0) is 46.9 Å². The summed E-state index contributed by atoms with van der Waals surface area (Å²) in [5, 5.41) is 17.3. The largest absolute Gasteiger partial charge is 0.404 e. The van der Waals surface area contributed by atoms with Crippen molar-refractivity contribution in [3.8, 4) is 0 Å². The molecule has 0 aromatic carbocycles. The van der Waals surface area contributed by atoms with Crippen LogP contribution in [0, 0.1) is 10.1 Å². The summed E-state index contributed by atoms with van der Waals surface area (Å²) < 4.78 is 1.72. The Hall–Kier alpha value is -1.48. The van der Waals surface area contributed by atoms with Gasteiger partial charge in [-0.3, -0.25) is 4.79 Å². The van der Waals surface area contributed by atoms with Crippen LogP contribution >= 0.6 is 15.9 Å². The van der Waals surface area contributed by atoms with Crippen LogP contribution in [0.2, 0.25) is 0 Å². The monoisotopic (exact) mass is 375 g/mol. The Morgan fingerprint density at radius 1 is 1.50 bits per heavy atom. The van der Waals surface area contributed by atoms with Crippen molar-refractivity contribution in [1.82, 2.24) is 20.0 Å². The zero-order chi connectivity index (χ0) is 16.5. The molecule has 124 valence electrons. The van der Waals surface area contributed by atoms with Crippen LogP contribution in [0.5, 0.6) is 0 Å². The summed E-state index contributed by atoms with van der Waals surface area (Å²) >= 11 is 3.07. The molecule has 1 heterocycles. The molecular weight excluding hydrogens is 354 g/mol. The molecule has 8 nitrogen and oxygen atoms in total. The maximum absolute atomic E-state index is 11.7. The first-order valence-corrected chi connectivity index (χ1v) is 8.13. The van der Waals surface area contributed by atoms with E-state index in [4.69, 9.17) is 0 Å². The zero-order valence-electron chi connectivity index (χ0n) is 12.9. The number of aryl methyl sites for hydroxylation is 1. The first-order chi connectivity index (χ1) is 10.5. The minimum absolute atomic E-state index is 0.0752. The van der Waals surface area contributed by atoms with Crippen LogP contribution in [-0.2, 0) is 11.3 Å². The van der Waals surface area contributed by atoms with Gasteiger partial charge in [0.05, 0.1) is 17.8 Å². The maximum Gasteiger partial charge on any atom is 0.404 e. The molecular formula is C13H22BrN5O3. The van der Waals surface area contributed by atoms with Gasteiger partial charge >= 0.3 is 5.82 Å². The summed E-state index contributed by atoms with van der Waals surface area (Å²) in [6.45, 7) is 8.17. The number of nitrogens with one attached hydrogen (secondary N) is 1. The van der Waals surface area contributed by atoms with E-state index < -0.39 is 4.92 Å². The number of carbonyl (C=O) groups excluding carboxylic acids is 1. The van der Waals surface area contributed by atoms with E-state index in [0.717, 1.165) is 26.1 Å². The lowest BCUT2D eigenvalue weighted by molar-refractivity contribution is -0.390. The van der Waals surface area contributed by atoms with Crippen molar-refractivity contribution < 1.29 is 9.72 Å². The fraction of sp³-hybridized carbons (Fsp3) is 0.692. The SMILES string of the molecule is CCN(CC)CCCNC(=O)CCn1cc(Br)c([N+](=O)[O-])n1. The molecule has 22 heavy (non-hydrogen) atoms. The highest BCUT2D eigenvalue weighted by Crippen LogP contribution is 2.21. The van der Waals surface area contributed by atoms with Gasteiger partial charge in [0, 0.05) is 13.0 Å². The molecule has 0 unspecified atom stereocenters. The van der Waals surface area contributed by atoms with E-state index in [1.807, 2.05) is 0 Å². The van der Waals surface area contributed by atoms with Gasteiger partial charge < -0.3 is 20.3 Å². The van der Waals surface area contributed by atoms with Crippen molar-refractivity contribution in [3.05, 3.63) is 20.8 Å². The summed E-state index contributed by atoms with van der Waals surface area (Å²) in [7, 11) is 0. The second-order valence-electron chi connectivity index (χ2n) is 4.80. The van der Waals surface area contributed by atoms with Crippen LogP contribution in [-0.4, -0.2) is 51.7 Å². The van der Waals surface area contributed by atoms with Crippen molar-refractivity contribution in [2.24, 2.45) is 0 Å². The molecule has 0 bridgehead atoms. The lowest BCUT2D eigenvalue weighted by Crippen LogP contribution is -2.30. The highest BCUT2D eigenvalue weighted by atomic mass is 79.9. The first kappa shape index (κ1) is 18.6. The number of halogens is 1. The molecule has 0 aliphatic heterocycles. The van der Waals surface area contributed by atoms with Crippen LogP contribution in [0.4, 0.5) is 5.82 Å². The Labute approximate surface area is 138 Å². The molecule has 0 spiro atoms. The summed E-state index contributed by atoms with van der Waals surface area (Å²) in [6.07, 6.45) is 2.66. The summed E-state index contributed by atoms with van der Waals surface area (Å²) in [5.41, 5.74) is 0. The molecule has 0 saturated carbocycles. The van der Waals surface area contributed by atoms with Crippen LogP contribution in [0.25, 0.3) is 0 Å². The average Bonchev–Trinajstić information content (AvgIpc) is 2.86. The Balaban J connectivity index is 2.26. The van der Waals surface area contributed by atoms with Crippen LogP contribution in [0.1, 0.15) is 26.7 Å². The predicted octanol–water partition coefficient (Wildman–Crippen LogP) is 1.79. The van der Waals surface area contributed by atoms with Gasteiger partial charge in [-0.25, -0.2) is 0 Å². The van der Waals surface area contributed by atoms with E-state index in [-0.39, 0.29) is 18.1 Å². The average molecular weight is 376 g/mol. The molecule has 1 N–H and O–H groups in total. The number of nitrogens with zero attached hydrogens (tertiary/aromatic N) is 4. The highest BCUT2D eigenvalue weighted by molar-refractivity contribution is 9.10. The fourth-order valence-electron chi connectivity index (χ4n) is 2.00. The molecule has 0 radical (unpaired) electrons. The van der Waals surface area contributed by atoms with Crippen molar-refractivity contribution in [3.63, 3.8) is 0 Å². The maximum atomic E-state index is 11.7. The van der Waals surface area contributed by atoms with Crippen LogP contribution in [0.3, 0.4) is 0 Å². The molecule has 0 aliphatic rings. The minimum Gasteiger partial charge on any atom is -0.358 e. The zero-order valence-corrected chi connectivity index (χ0v) is 14.5. The molecule has 1 amide bonds. The predicted molar refractivity (Wildman–Crippen MR) is 86.6 cm³/mol. The van der Waals surface area contributed by atoms with E-state index in [1.165, 1.54) is 10.9 Å². The molecule has 1 aromatic rings. The van der Waals surface area contributed by atoms with Crippen LogP contribution in [0.15, 0.2) is 10.7 Å². The van der Waals surface area contributed by atoms with Gasteiger partial charge in [0.15, 0.2) is 0 Å². The number of nitro groups is 1. The van der Waals surface area contributed by atoms with E-state index >= 15 is 0 Å². The Bertz CT molecular complexity index is 502. The normalized spacial score (nSPS) is 10.9. The number of carbonyl (C=O) groups is 1. The topological polar surface area (TPSA) is 93.3 Å². The lowest BCUT2D eigenvalue weighted by Gasteiger charge is -2.17. The molecule has 1 rings (SSSR count). The second-order valence-corrected chi connectivity index (χ2v) is 5.66. The van der Waals surface area contributed by atoms with Crippen LogP contribution < -0.4 is 5.32 Å². The summed E-state index contributed by atoms with van der Waals surface area (Å²) in [6, 6.07) is 0. The summed E-state index contributed by atoms with van der Waals surface area (Å²) in [5.74, 6) is -0.312.